The highest BCUT2D eigenvalue weighted by molar-refractivity contribution is 7.16. The van der Waals surface area contributed by atoms with Crippen LogP contribution < -0.4 is 11.1 Å². The Labute approximate surface area is 119 Å². The number of hydrogen-bond donors (Lipinski definition) is 2. The van der Waals surface area contributed by atoms with E-state index in [0.717, 1.165) is 24.3 Å². The maximum Gasteiger partial charge on any atom is 0.254 e. The van der Waals surface area contributed by atoms with Gasteiger partial charge in [-0.15, -0.1) is 11.3 Å². The van der Waals surface area contributed by atoms with Gasteiger partial charge in [-0.2, -0.15) is 0 Å². The van der Waals surface area contributed by atoms with Gasteiger partial charge in [-0.1, -0.05) is 13.8 Å². The number of amides is 1. The molecule has 1 aromatic heterocycles. The van der Waals surface area contributed by atoms with Gasteiger partial charge in [0.1, 0.15) is 0 Å². The molecule has 0 aromatic carbocycles. The Morgan fingerprint density at radius 1 is 1.37 bits per heavy atom. The average molecular weight is 280 g/mol. The molecule has 0 radical (unpaired) electrons. The van der Waals surface area contributed by atoms with Crippen molar-refractivity contribution in [3.8, 4) is 0 Å². The number of anilines is 1. The van der Waals surface area contributed by atoms with E-state index in [0.29, 0.717) is 10.9 Å². The Morgan fingerprint density at radius 3 is 2.63 bits per heavy atom. The average Bonchev–Trinajstić information content (AvgIpc) is 2.62. The molecule has 0 bridgehead atoms. The zero-order valence-corrected chi connectivity index (χ0v) is 13.1. The van der Waals surface area contributed by atoms with Gasteiger partial charge in [-0.3, -0.25) is 4.79 Å². The molecule has 0 saturated carbocycles. The highest BCUT2D eigenvalue weighted by Gasteiger charge is 2.29. The lowest BCUT2D eigenvalue weighted by atomic mass is 9.81. The van der Waals surface area contributed by atoms with E-state index in [4.69, 9.17) is 5.73 Å². The van der Waals surface area contributed by atoms with Gasteiger partial charge < -0.3 is 11.1 Å². The normalized spacial score (nSPS) is 18.7. The Morgan fingerprint density at radius 2 is 2.05 bits per heavy atom. The monoisotopic (exact) mass is 280 g/mol. The van der Waals surface area contributed by atoms with Crippen LogP contribution in [-0.4, -0.2) is 11.9 Å². The summed E-state index contributed by atoms with van der Waals surface area (Å²) in [7, 11) is 0. The van der Waals surface area contributed by atoms with Gasteiger partial charge >= 0.3 is 0 Å². The van der Waals surface area contributed by atoms with E-state index in [2.05, 4.69) is 19.2 Å². The van der Waals surface area contributed by atoms with Crippen LogP contribution in [0.15, 0.2) is 0 Å². The molecule has 1 aliphatic carbocycles. The van der Waals surface area contributed by atoms with Crippen LogP contribution in [0.3, 0.4) is 0 Å². The van der Waals surface area contributed by atoms with Crippen molar-refractivity contribution in [1.82, 2.24) is 5.32 Å². The molecule has 1 aromatic rings. The number of fused-ring (bicyclic) bond motifs is 1. The predicted molar refractivity (Wildman–Crippen MR) is 81.7 cm³/mol. The molecular weight excluding hydrogens is 256 g/mol. The van der Waals surface area contributed by atoms with Crippen molar-refractivity contribution < 1.29 is 4.79 Å². The molecular formula is C15H24N2OS. The number of hydrogen-bond acceptors (Lipinski definition) is 3. The molecule has 1 heterocycles. The minimum absolute atomic E-state index is 0.00648. The van der Waals surface area contributed by atoms with Crippen LogP contribution in [-0.2, 0) is 12.8 Å². The van der Waals surface area contributed by atoms with Gasteiger partial charge in [0.25, 0.3) is 5.91 Å². The Kier molecular flexibility index (Phi) is 4.19. The van der Waals surface area contributed by atoms with E-state index < -0.39 is 0 Å². The second-order valence-electron chi connectivity index (χ2n) is 6.12. The van der Waals surface area contributed by atoms with E-state index in [1.807, 2.05) is 13.8 Å². The van der Waals surface area contributed by atoms with Gasteiger partial charge in [-0.05, 0) is 50.5 Å². The van der Waals surface area contributed by atoms with Crippen molar-refractivity contribution >= 4 is 22.2 Å². The molecule has 2 rings (SSSR count). The summed E-state index contributed by atoms with van der Waals surface area (Å²) in [6.45, 7) is 8.50. The maximum absolute atomic E-state index is 12.2. The molecule has 106 valence electrons. The minimum atomic E-state index is -0.00648. The van der Waals surface area contributed by atoms with Crippen molar-refractivity contribution in [2.45, 2.75) is 53.0 Å². The van der Waals surface area contributed by atoms with Crippen molar-refractivity contribution in [3.63, 3.8) is 0 Å². The maximum atomic E-state index is 12.2. The van der Waals surface area contributed by atoms with Crippen molar-refractivity contribution in [1.29, 1.82) is 0 Å². The van der Waals surface area contributed by atoms with E-state index in [1.54, 1.807) is 11.3 Å². The van der Waals surface area contributed by atoms with Gasteiger partial charge in [0.15, 0.2) is 0 Å². The summed E-state index contributed by atoms with van der Waals surface area (Å²) in [5.41, 5.74) is 8.03. The first kappa shape index (κ1) is 14.4. The van der Waals surface area contributed by atoms with E-state index in [-0.39, 0.29) is 11.9 Å². The zero-order chi connectivity index (χ0) is 14.2. The molecule has 19 heavy (non-hydrogen) atoms. The number of thiophene rings is 1. The van der Waals surface area contributed by atoms with Crippen LogP contribution in [0.1, 0.15) is 54.9 Å². The topological polar surface area (TPSA) is 55.1 Å². The summed E-state index contributed by atoms with van der Waals surface area (Å²) < 4.78 is 0. The fraction of sp³-hybridized carbons (Fsp3) is 0.667. The third kappa shape index (κ3) is 2.94. The number of carbonyl (C=O) groups is 1. The molecule has 1 amide bonds. The summed E-state index contributed by atoms with van der Waals surface area (Å²) >= 11 is 1.61. The predicted octanol–water partition coefficient (Wildman–Crippen LogP) is 3.23. The largest absolute Gasteiger partial charge is 0.390 e. The number of nitrogens with two attached hydrogens (primary N) is 1. The number of rotatable bonds is 3. The molecule has 0 saturated heterocycles. The van der Waals surface area contributed by atoms with E-state index in [9.17, 15) is 4.79 Å². The molecule has 0 spiro atoms. The van der Waals surface area contributed by atoms with Gasteiger partial charge in [0.05, 0.1) is 10.6 Å². The van der Waals surface area contributed by atoms with Gasteiger partial charge in [0.2, 0.25) is 0 Å². The number of nitrogen functional groups attached to an aromatic ring is 1. The van der Waals surface area contributed by atoms with E-state index >= 15 is 0 Å². The molecule has 4 heteroatoms. The number of nitrogens with one attached hydrogen (secondary N) is 1. The van der Waals surface area contributed by atoms with Crippen LogP contribution in [0.4, 0.5) is 5.00 Å². The standard InChI is InChI=1S/C15H24N2OS/c1-8(2)10-5-6-11-12(7-10)19-14(16)13(11)15(18)17-9(3)4/h8-10H,5-7,16H2,1-4H3,(H,17,18). The molecule has 1 aliphatic rings. The zero-order valence-electron chi connectivity index (χ0n) is 12.2. The third-order valence-electron chi connectivity index (χ3n) is 3.92. The lowest BCUT2D eigenvalue weighted by Gasteiger charge is -2.25. The van der Waals surface area contributed by atoms with Crippen LogP contribution >= 0.6 is 11.3 Å². The van der Waals surface area contributed by atoms with Crippen molar-refractivity contribution in [3.05, 3.63) is 16.0 Å². The highest BCUT2D eigenvalue weighted by Crippen LogP contribution is 2.39. The highest BCUT2D eigenvalue weighted by atomic mass is 32.1. The van der Waals surface area contributed by atoms with Crippen LogP contribution in [0.25, 0.3) is 0 Å². The Bertz CT molecular complexity index is 477. The van der Waals surface area contributed by atoms with Gasteiger partial charge in [-0.25, -0.2) is 0 Å². The van der Waals surface area contributed by atoms with E-state index in [1.165, 1.54) is 16.9 Å². The smallest absolute Gasteiger partial charge is 0.254 e. The van der Waals surface area contributed by atoms with Crippen molar-refractivity contribution in [2.75, 3.05) is 5.73 Å². The fourth-order valence-corrected chi connectivity index (χ4v) is 3.99. The SMILES string of the molecule is CC(C)NC(=O)c1c(N)sc2c1CCC(C(C)C)C2. The summed E-state index contributed by atoms with van der Waals surface area (Å²) in [5, 5.41) is 3.65. The van der Waals surface area contributed by atoms with Crippen LogP contribution in [0, 0.1) is 11.8 Å². The fourth-order valence-electron chi connectivity index (χ4n) is 2.79. The second kappa shape index (κ2) is 5.53. The van der Waals surface area contributed by atoms with Crippen molar-refractivity contribution in [2.24, 2.45) is 11.8 Å². The molecule has 0 aliphatic heterocycles. The first-order valence-electron chi connectivity index (χ1n) is 7.11. The summed E-state index contributed by atoms with van der Waals surface area (Å²) in [4.78, 5) is 13.6. The second-order valence-corrected chi connectivity index (χ2v) is 7.25. The first-order valence-corrected chi connectivity index (χ1v) is 7.92. The molecule has 0 fully saturated rings. The summed E-state index contributed by atoms with van der Waals surface area (Å²) in [6, 6.07) is 0.148. The third-order valence-corrected chi connectivity index (χ3v) is 5.00. The number of carbonyl (C=O) groups excluding carboxylic acids is 1. The summed E-state index contributed by atoms with van der Waals surface area (Å²) in [5.74, 6) is 1.42. The quantitative estimate of drug-likeness (QED) is 0.893. The minimum Gasteiger partial charge on any atom is -0.390 e. The molecule has 1 unspecified atom stereocenters. The lowest BCUT2D eigenvalue weighted by molar-refractivity contribution is 0.0943. The lowest BCUT2D eigenvalue weighted by Crippen LogP contribution is -2.31. The summed E-state index contributed by atoms with van der Waals surface area (Å²) in [6.07, 6.45) is 3.24. The first-order chi connectivity index (χ1) is 8.90. The molecule has 3 nitrogen and oxygen atoms in total. The molecule has 1 atom stereocenters. The van der Waals surface area contributed by atoms with Crippen LogP contribution in [0.5, 0.6) is 0 Å². The van der Waals surface area contributed by atoms with Crippen LogP contribution in [0.2, 0.25) is 0 Å². The Balaban J connectivity index is 2.27. The Hall–Kier alpha value is -1.03. The van der Waals surface area contributed by atoms with Gasteiger partial charge in [0, 0.05) is 10.9 Å². The molecule has 3 N–H and O–H groups in total.